The number of carbonyl (C=O) groups is 2. The molecule has 6 rings (SSSR count). The number of benzene rings is 2. The lowest BCUT2D eigenvalue weighted by Gasteiger charge is -2.21. The van der Waals surface area contributed by atoms with Crippen LogP contribution in [0.25, 0.3) is 22.1 Å². The molecule has 0 aliphatic carbocycles. The number of fused-ring (bicyclic) bond motifs is 2. The number of pyridine rings is 1. The summed E-state index contributed by atoms with van der Waals surface area (Å²) in [5.41, 5.74) is 14.4. The third-order valence-corrected chi connectivity index (χ3v) is 7.45. The Kier molecular flexibility index (Phi) is 7.45. The Bertz CT molecular complexity index is 2230. The zero-order valence-electron chi connectivity index (χ0n) is 24.7. The van der Waals surface area contributed by atoms with Gasteiger partial charge in [0, 0.05) is 36.4 Å². The summed E-state index contributed by atoms with van der Waals surface area (Å²) in [6.45, 7) is 3.39. The number of amides is 1. The minimum absolute atomic E-state index is 0.0416. The van der Waals surface area contributed by atoms with Crippen molar-refractivity contribution in [3.05, 3.63) is 118 Å². The van der Waals surface area contributed by atoms with E-state index in [2.05, 4.69) is 32.3 Å². The summed E-state index contributed by atoms with van der Waals surface area (Å²) >= 11 is 0. The van der Waals surface area contributed by atoms with Crippen molar-refractivity contribution in [3.63, 3.8) is 0 Å². The van der Waals surface area contributed by atoms with Crippen molar-refractivity contribution in [1.29, 1.82) is 0 Å². The molecule has 2 aromatic carbocycles. The predicted molar refractivity (Wildman–Crippen MR) is 170 cm³/mol. The summed E-state index contributed by atoms with van der Waals surface area (Å²) in [6, 6.07) is 16.7. The minimum atomic E-state index is -0.724. The second-order valence-corrected chi connectivity index (χ2v) is 10.6. The highest BCUT2D eigenvalue weighted by atomic mass is 16.2. The number of nitrogen functional groups attached to an aromatic ring is 1. The summed E-state index contributed by atoms with van der Waals surface area (Å²) in [5, 5.41) is 12.3. The van der Waals surface area contributed by atoms with Gasteiger partial charge < -0.3 is 16.8 Å². The molecule has 224 valence electrons. The molecule has 12 heteroatoms. The molecule has 4 heterocycles. The van der Waals surface area contributed by atoms with Gasteiger partial charge >= 0.3 is 0 Å². The number of para-hydroxylation sites is 1. The van der Waals surface area contributed by atoms with Crippen LogP contribution in [0.1, 0.15) is 57.6 Å². The van der Waals surface area contributed by atoms with Crippen LogP contribution in [0, 0.1) is 11.8 Å². The van der Waals surface area contributed by atoms with E-state index in [0.29, 0.717) is 44.6 Å². The smallest absolute Gasteiger partial charge is 0.264 e. The van der Waals surface area contributed by atoms with Crippen molar-refractivity contribution in [3.8, 4) is 17.5 Å². The monoisotopic (exact) mass is 599 g/mol. The first-order valence-electron chi connectivity index (χ1n) is 14.1. The highest BCUT2D eigenvalue weighted by Gasteiger charge is 2.24. The van der Waals surface area contributed by atoms with Crippen LogP contribution < -0.4 is 22.3 Å². The third kappa shape index (κ3) is 5.21. The number of aryl methyl sites for hydroxylation is 1. The number of anilines is 1. The molecule has 5 N–H and O–H groups in total. The average Bonchev–Trinajstić information content (AvgIpc) is 3.57. The zero-order chi connectivity index (χ0) is 31.8. The number of Topliss-reactive ketones (excluding diaryl/α,β-unsaturated/α-hetero) is 1. The van der Waals surface area contributed by atoms with Crippen LogP contribution in [0.2, 0.25) is 0 Å². The van der Waals surface area contributed by atoms with Gasteiger partial charge in [0.2, 0.25) is 0 Å². The molecule has 12 nitrogen and oxygen atoms in total. The van der Waals surface area contributed by atoms with Crippen molar-refractivity contribution in [1.82, 2.24) is 34.3 Å². The summed E-state index contributed by atoms with van der Waals surface area (Å²) in [7, 11) is 1.65. The van der Waals surface area contributed by atoms with E-state index >= 15 is 0 Å². The molecule has 0 bridgehead atoms. The van der Waals surface area contributed by atoms with Gasteiger partial charge in [-0.25, -0.2) is 9.50 Å². The summed E-state index contributed by atoms with van der Waals surface area (Å²) in [6.07, 6.45) is 4.71. The molecule has 0 aliphatic rings. The average molecular weight is 600 g/mol. The van der Waals surface area contributed by atoms with Crippen LogP contribution in [-0.2, 0) is 7.05 Å². The van der Waals surface area contributed by atoms with Crippen LogP contribution >= 0.6 is 0 Å². The SMILES string of the molecule is CC(N)C(=O)c1c(C#Cc2cccc3cc(C(C)NC(=O)c4c(N)nn5cccnc45)n(-c4ccccc4)c(=O)c23)cnn1C. The van der Waals surface area contributed by atoms with Gasteiger partial charge in [-0.05, 0) is 49.6 Å². The van der Waals surface area contributed by atoms with E-state index < -0.39 is 18.0 Å². The number of carbonyl (C=O) groups excluding carboxylic acids is 2. The molecule has 0 saturated heterocycles. The minimum Gasteiger partial charge on any atom is -0.381 e. The van der Waals surface area contributed by atoms with Gasteiger partial charge in [0.25, 0.3) is 11.5 Å². The first kappa shape index (κ1) is 29.0. The van der Waals surface area contributed by atoms with Crippen LogP contribution in [0.5, 0.6) is 0 Å². The van der Waals surface area contributed by atoms with Crippen molar-refractivity contribution in [2.45, 2.75) is 25.9 Å². The van der Waals surface area contributed by atoms with E-state index in [0.717, 1.165) is 0 Å². The maximum atomic E-state index is 14.4. The quantitative estimate of drug-likeness (QED) is 0.194. The molecule has 2 unspecified atom stereocenters. The number of rotatable bonds is 6. The molecular formula is C33H29N9O3. The zero-order valence-corrected chi connectivity index (χ0v) is 24.7. The van der Waals surface area contributed by atoms with Gasteiger partial charge in [-0.2, -0.15) is 5.10 Å². The second-order valence-electron chi connectivity index (χ2n) is 10.6. The van der Waals surface area contributed by atoms with Gasteiger partial charge in [-0.1, -0.05) is 42.2 Å². The lowest BCUT2D eigenvalue weighted by atomic mass is 10.0. The lowest BCUT2D eigenvalue weighted by molar-refractivity contribution is 0.0938. The largest absolute Gasteiger partial charge is 0.381 e. The predicted octanol–water partition coefficient (Wildman–Crippen LogP) is 2.77. The number of ketones is 1. The van der Waals surface area contributed by atoms with Gasteiger partial charge in [-0.3, -0.25) is 23.6 Å². The molecule has 0 aliphatic heterocycles. The maximum absolute atomic E-state index is 14.4. The van der Waals surface area contributed by atoms with Crippen LogP contribution in [0.15, 0.2) is 84.0 Å². The van der Waals surface area contributed by atoms with Crippen LogP contribution in [0.3, 0.4) is 0 Å². The highest BCUT2D eigenvalue weighted by molar-refractivity contribution is 6.04. The third-order valence-electron chi connectivity index (χ3n) is 7.45. The number of nitrogens with zero attached hydrogens (tertiary/aromatic N) is 6. The van der Waals surface area contributed by atoms with Gasteiger partial charge in [0.15, 0.2) is 17.2 Å². The van der Waals surface area contributed by atoms with Crippen molar-refractivity contribution >= 4 is 33.9 Å². The number of hydrogen-bond donors (Lipinski definition) is 3. The fraction of sp³-hybridized carbons (Fsp3) is 0.152. The Morgan fingerprint density at radius 1 is 1.00 bits per heavy atom. The van der Waals surface area contributed by atoms with Crippen molar-refractivity contribution in [2.75, 3.05) is 5.73 Å². The molecular weight excluding hydrogens is 570 g/mol. The lowest BCUT2D eigenvalue weighted by Crippen LogP contribution is -2.32. The first-order chi connectivity index (χ1) is 21.7. The molecule has 0 fully saturated rings. The van der Waals surface area contributed by atoms with E-state index in [4.69, 9.17) is 11.5 Å². The normalized spacial score (nSPS) is 12.4. The molecule has 0 spiro atoms. The number of aromatic nitrogens is 6. The van der Waals surface area contributed by atoms with E-state index in [1.165, 1.54) is 15.4 Å². The number of nitrogens with two attached hydrogens (primary N) is 2. The fourth-order valence-electron chi connectivity index (χ4n) is 5.28. The van der Waals surface area contributed by atoms with E-state index in [9.17, 15) is 14.4 Å². The second kappa shape index (κ2) is 11.6. The summed E-state index contributed by atoms with van der Waals surface area (Å²) in [5.74, 6) is 5.39. The Balaban J connectivity index is 1.47. The van der Waals surface area contributed by atoms with Gasteiger partial charge in [0.1, 0.15) is 11.3 Å². The number of nitrogens with one attached hydrogen (secondary N) is 1. The number of hydrogen-bond acceptors (Lipinski definition) is 8. The van der Waals surface area contributed by atoms with Crippen molar-refractivity contribution in [2.24, 2.45) is 12.8 Å². The highest BCUT2D eigenvalue weighted by Crippen LogP contribution is 2.24. The Hall–Kier alpha value is -6.06. The van der Waals surface area contributed by atoms with E-state index in [1.807, 2.05) is 42.5 Å². The molecule has 2 atom stereocenters. The molecule has 0 saturated carbocycles. The molecule has 45 heavy (non-hydrogen) atoms. The fourth-order valence-corrected chi connectivity index (χ4v) is 5.28. The van der Waals surface area contributed by atoms with E-state index in [1.54, 1.807) is 56.1 Å². The Morgan fingerprint density at radius 3 is 2.51 bits per heavy atom. The Labute approximate surface area is 257 Å². The summed E-state index contributed by atoms with van der Waals surface area (Å²) < 4.78 is 4.44. The molecule has 1 amide bonds. The van der Waals surface area contributed by atoms with Gasteiger partial charge in [0.05, 0.1) is 29.2 Å². The van der Waals surface area contributed by atoms with E-state index in [-0.39, 0.29) is 22.7 Å². The maximum Gasteiger partial charge on any atom is 0.264 e. The topological polar surface area (TPSA) is 168 Å². The van der Waals surface area contributed by atoms with Crippen LogP contribution in [-0.4, -0.2) is 46.7 Å². The van der Waals surface area contributed by atoms with Crippen LogP contribution in [0.4, 0.5) is 5.82 Å². The molecule has 0 radical (unpaired) electrons. The molecule has 6 aromatic rings. The standard InChI is InChI=1S/C33H29N9O3/c1-19(34)29(43)28-23(18-37-40(28)3)14-13-21-9-7-10-22-17-25(42(33(45)26(21)22)24-11-5-4-6-12-24)20(2)38-32(44)27-30(35)39-41-16-8-15-36-31(27)41/h4-12,15-20H,34H2,1-3H3,(H2,35,39)(H,38,44). The Morgan fingerprint density at radius 2 is 1.76 bits per heavy atom. The first-order valence-corrected chi connectivity index (χ1v) is 14.1. The van der Waals surface area contributed by atoms with Gasteiger partial charge in [-0.15, -0.1) is 5.10 Å². The summed E-state index contributed by atoms with van der Waals surface area (Å²) in [4.78, 5) is 44.8. The van der Waals surface area contributed by atoms with Crippen molar-refractivity contribution < 1.29 is 9.59 Å². The molecule has 4 aromatic heterocycles.